The van der Waals surface area contributed by atoms with Crippen LogP contribution in [0.5, 0.6) is 0 Å². The summed E-state index contributed by atoms with van der Waals surface area (Å²) in [5, 5.41) is 14.9. The third-order valence-corrected chi connectivity index (χ3v) is 3.31. The molecule has 0 atom stereocenters. The zero-order valence-electron chi connectivity index (χ0n) is 12.0. The molecule has 1 aromatic carbocycles. The lowest BCUT2D eigenvalue weighted by atomic mass is 10.3. The van der Waals surface area contributed by atoms with Gasteiger partial charge in [0, 0.05) is 7.05 Å². The van der Waals surface area contributed by atoms with Gasteiger partial charge in [-0.2, -0.15) is 5.10 Å². The standard InChI is InChI=1S/C14H14N6O/c1-8-12(9(2)20(3)19-8)16-14(21)13-15-10-6-4-5-7-11(10)17-18-13/h4-7H,1-3H3,(H,16,21). The average molecular weight is 282 g/mol. The second kappa shape index (κ2) is 4.93. The van der Waals surface area contributed by atoms with Crippen LogP contribution < -0.4 is 5.32 Å². The lowest BCUT2D eigenvalue weighted by Gasteiger charge is -2.04. The molecule has 3 rings (SSSR count). The summed E-state index contributed by atoms with van der Waals surface area (Å²) in [5.41, 5.74) is 3.59. The molecule has 2 aromatic heterocycles. The molecule has 0 unspecified atom stereocenters. The van der Waals surface area contributed by atoms with Crippen molar-refractivity contribution in [2.45, 2.75) is 13.8 Å². The number of nitrogens with one attached hydrogen (secondary N) is 1. The lowest BCUT2D eigenvalue weighted by Crippen LogP contribution is -2.17. The van der Waals surface area contributed by atoms with Gasteiger partial charge >= 0.3 is 0 Å². The fraction of sp³-hybridized carbons (Fsp3) is 0.214. The van der Waals surface area contributed by atoms with Gasteiger partial charge in [0.2, 0.25) is 5.82 Å². The summed E-state index contributed by atoms with van der Waals surface area (Å²) in [6, 6.07) is 7.28. The number of fused-ring (bicyclic) bond motifs is 1. The molecule has 7 heteroatoms. The number of anilines is 1. The van der Waals surface area contributed by atoms with Crippen molar-refractivity contribution >= 4 is 22.6 Å². The lowest BCUT2D eigenvalue weighted by molar-refractivity contribution is 0.101. The van der Waals surface area contributed by atoms with Gasteiger partial charge < -0.3 is 5.32 Å². The molecule has 0 aliphatic rings. The van der Waals surface area contributed by atoms with Crippen LogP contribution in [0.15, 0.2) is 24.3 Å². The predicted octanol–water partition coefficient (Wildman–Crippen LogP) is 1.63. The number of benzene rings is 1. The molecule has 1 amide bonds. The second-order valence-corrected chi connectivity index (χ2v) is 4.75. The highest BCUT2D eigenvalue weighted by Crippen LogP contribution is 2.18. The smallest absolute Gasteiger partial charge is 0.295 e. The van der Waals surface area contributed by atoms with Gasteiger partial charge in [0.1, 0.15) is 5.52 Å². The third-order valence-electron chi connectivity index (χ3n) is 3.31. The first-order chi connectivity index (χ1) is 10.1. The Labute approximate surface area is 121 Å². The quantitative estimate of drug-likeness (QED) is 0.772. The van der Waals surface area contributed by atoms with Crippen LogP contribution in [0.25, 0.3) is 11.0 Å². The SMILES string of the molecule is Cc1nn(C)c(C)c1NC(=O)c1nnc2ccccc2n1. The van der Waals surface area contributed by atoms with Crippen LogP contribution in [0, 0.1) is 13.8 Å². The van der Waals surface area contributed by atoms with Gasteiger partial charge in [-0.25, -0.2) is 4.98 Å². The Bertz CT molecular complexity index is 839. The fourth-order valence-electron chi connectivity index (χ4n) is 2.10. The first kappa shape index (κ1) is 13.2. The minimum Gasteiger partial charge on any atom is -0.316 e. The second-order valence-electron chi connectivity index (χ2n) is 4.75. The van der Waals surface area contributed by atoms with Crippen molar-refractivity contribution < 1.29 is 4.79 Å². The van der Waals surface area contributed by atoms with Crippen molar-refractivity contribution in [2.75, 3.05) is 5.32 Å². The van der Waals surface area contributed by atoms with Gasteiger partial charge in [-0.3, -0.25) is 9.48 Å². The number of nitrogens with zero attached hydrogens (tertiary/aromatic N) is 5. The Morgan fingerprint density at radius 1 is 1.14 bits per heavy atom. The summed E-state index contributed by atoms with van der Waals surface area (Å²) in [6.07, 6.45) is 0. The highest BCUT2D eigenvalue weighted by Gasteiger charge is 2.16. The number of hydrogen-bond acceptors (Lipinski definition) is 5. The number of amides is 1. The van der Waals surface area contributed by atoms with Gasteiger partial charge in [0.05, 0.1) is 22.6 Å². The molecule has 0 aliphatic carbocycles. The fourth-order valence-corrected chi connectivity index (χ4v) is 2.10. The van der Waals surface area contributed by atoms with Crippen LogP contribution in [-0.2, 0) is 7.05 Å². The van der Waals surface area contributed by atoms with E-state index in [0.29, 0.717) is 16.7 Å². The monoisotopic (exact) mass is 282 g/mol. The van der Waals surface area contributed by atoms with E-state index in [1.165, 1.54) is 0 Å². The Balaban J connectivity index is 1.93. The van der Waals surface area contributed by atoms with Crippen molar-refractivity contribution in [3.63, 3.8) is 0 Å². The number of hydrogen-bond donors (Lipinski definition) is 1. The van der Waals surface area contributed by atoms with E-state index in [0.717, 1.165) is 11.4 Å². The zero-order valence-corrected chi connectivity index (χ0v) is 12.0. The molecule has 2 heterocycles. The molecule has 0 spiro atoms. The topological polar surface area (TPSA) is 85.6 Å². The number of aromatic nitrogens is 5. The number of para-hydroxylation sites is 1. The number of carbonyl (C=O) groups is 1. The summed E-state index contributed by atoms with van der Waals surface area (Å²) in [4.78, 5) is 16.5. The molecule has 0 fully saturated rings. The maximum Gasteiger partial charge on any atom is 0.295 e. The normalized spacial score (nSPS) is 10.8. The minimum absolute atomic E-state index is 0.0383. The van der Waals surface area contributed by atoms with Crippen molar-refractivity contribution in [3.8, 4) is 0 Å². The average Bonchev–Trinajstić information content (AvgIpc) is 2.73. The van der Waals surface area contributed by atoms with Crippen LogP contribution >= 0.6 is 0 Å². The molecular weight excluding hydrogens is 268 g/mol. The van der Waals surface area contributed by atoms with Gasteiger partial charge in [-0.15, -0.1) is 10.2 Å². The molecule has 106 valence electrons. The largest absolute Gasteiger partial charge is 0.316 e. The van der Waals surface area contributed by atoms with E-state index in [9.17, 15) is 4.79 Å². The van der Waals surface area contributed by atoms with Crippen molar-refractivity contribution in [1.82, 2.24) is 25.0 Å². The van der Waals surface area contributed by atoms with Crippen LogP contribution in [0.4, 0.5) is 5.69 Å². The van der Waals surface area contributed by atoms with Gasteiger partial charge in [-0.05, 0) is 26.0 Å². The zero-order chi connectivity index (χ0) is 15.0. The molecule has 7 nitrogen and oxygen atoms in total. The Hall–Kier alpha value is -2.83. The molecular formula is C14H14N6O. The Morgan fingerprint density at radius 3 is 2.52 bits per heavy atom. The molecule has 3 aromatic rings. The van der Waals surface area contributed by atoms with E-state index in [1.807, 2.05) is 33.0 Å². The summed E-state index contributed by atoms with van der Waals surface area (Å²) < 4.78 is 1.71. The number of rotatable bonds is 2. The maximum absolute atomic E-state index is 12.3. The Morgan fingerprint density at radius 2 is 1.86 bits per heavy atom. The van der Waals surface area contributed by atoms with Crippen LogP contribution in [0.1, 0.15) is 22.0 Å². The maximum atomic E-state index is 12.3. The molecule has 21 heavy (non-hydrogen) atoms. The number of carbonyl (C=O) groups excluding carboxylic acids is 1. The van der Waals surface area contributed by atoms with Crippen molar-refractivity contribution in [1.29, 1.82) is 0 Å². The minimum atomic E-state index is -0.396. The summed E-state index contributed by atoms with van der Waals surface area (Å²) in [6.45, 7) is 3.72. The van der Waals surface area contributed by atoms with Crippen molar-refractivity contribution in [3.05, 3.63) is 41.5 Å². The first-order valence-corrected chi connectivity index (χ1v) is 6.47. The van der Waals surface area contributed by atoms with E-state index in [1.54, 1.807) is 16.8 Å². The third kappa shape index (κ3) is 2.33. The van der Waals surface area contributed by atoms with E-state index in [-0.39, 0.29) is 5.82 Å². The predicted molar refractivity (Wildman–Crippen MR) is 78.0 cm³/mol. The van der Waals surface area contributed by atoms with Crippen molar-refractivity contribution in [2.24, 2.45) is 7.05 Å². The molecule has 0 aliphatic heterocycles. The molecule has 0 saturated carbocycles. The highest BCUT2D eigenvalue weighted by atomic mass is 16.2. The van der Waals surface area contributed by atoms with Gasteiger partial charge in [0.15, 0.2) is 0 Å². The summed E-state index contributed by atoms with van der Waals surface area (Å²) >= 11 is 0. The molecule has 0 radical (unpaired) electrons. The van der Waals surface area contributed by atoms with Crippen LogP contribution in [0.2, 0.25) is 0 Å². The van der Waals surface area contributed by atoms with E-state index in [4.69, 9.17) is 0 Å². The van der Waals surface area contributed by atoms with E-state index >= 15 is 0 Å². The Kier molecular flexibility index (Phi) is 3.09. The molecule has 0 saturated heterocycles. The van der Waals surface area contributed by atoms with Crippen LogP contribution in [-0.4, -0.2) is 30.9 Å². The molecule has 0 bridgehead atoms. The van der Waals surface area contributed by atoms with E-state index in [2.05, 4.69) is 25.6 Å². The van der Waals surface area contributed by atoms with E-state index < -0.39 is 5.91 Å². The van der Waals surface area contributed by atoms with Gasteiger partial charge in [0.25, 0.3) is 5.91 Å². The van der Waals surface area contributed by atoms with Gasteiger partial charge in [-0.1, -0.05) is 12.1 Å². The number of aryl methyl sites for hydroxylation is 2. The summed E-state index contributed by atoms with van der Waals surface area (Å²) in [7, 11) is 1.83. The summed E-state index contributed by atoms with van der Waals surface area (Å²) in [5.74, 6) is -0.358. The molecule has 1 N–H and O–H groups in total. The first-order valence-electron chi connectivity index (χ1n) is 6.47. The van der Waals surface area contributed by atoms with Crippen LogP contribution in [0.3, 0.4) is 0 Å². The highest BCUT2D eigenvalue weighted by molar-refractivity contribution is 6.02.